The van der Waals surface area contributed by atoms with E-state index >= 15 is 0 Å². The second-order valence-electron chi connectivity index (χ2n) is 10.3. The third-order valence-corrected chi connectivity index (χ3v) is 7.03. The maximum atomic E-state index is 13.9. The van der Waals surface area contributed by atoms with Gasteiger partial charge in [0, 0.05) is 25.4 Å². The van der Waals surface area contributed by atoms with Gasteiger partial charge in [-0.3, -0.25) is 9.59 Å². The summed E-state index contributed by atoms with van der Waals surface area (Å²) in [6.45, 7) is 8.71. The number of carbonyl (C=O) groups excluding carboxylic acids is 2. The molecule has 38 heavy (non-hydrogen) atoms. The Kier molecular flexibility index (Phi) is 11.0. The Hall–Kier alpha value is -3.60. The normalized spacial score (nSPS) is 12.6. The fourth-order valence-electron chi connectivity index (χ4n) is 4.43. The molecular formula is C33H42N2O3. The number of nitrogens with one attached hydrogen (secondary N) is 1. The summed E-state index contributed by atoms with van der Waals surface area (Å²) in [6, 6.07) is 25.5. The molecule has 3 rings (SSSR count). The van der Waals surface area contributed by atoms with E-state index in [1.807, 2.05) is 68.4 Å². The lowest BCUT2D eigenvalue weighted by molar-refractivity contribution is -0.141. The van der Waals surface area contributed by atoms with Crippen molar-refractivity contribution in [3.8, 4) is 5.75 Å². The van der Waals surface area contributed by atoms with Gasteiger partial charge in [0.15, 0.2) is 0 Å². The Morgan fingerprint density at radius 3 is 2.18 bits per heavy atom. The standard InChI is InChI=1S/C33H42N2O3/c1-6-25(4)34-33(37)31(22-27-11-8-7-9-12-27)35(23-28-13-10-14-30(21-28)38-5)32(36)20-17-26-15-18-29(19-16-26)24(2)3/h7-16,18-19,21,24-25,31H,6,17,20,22-23H2,1-5H3,(H,34,37)/t25-,31-/m1/s1. The first-order valence-corrected chi connectivity index (χ1v) is 13.7. The third kappa shape index (κ3) is 8.47. The number of carbonyl (C=O) groups is 2. The Bertz CT molecular complexity index is 1160. The molecular weight excluding hydrogens is 472 g/mol. The number of hydrogen-bond donors (Lipinski definition) is 1. The molecule has 2 atom stereocenters. The molecule has 1 N–H and O–H groups in total. The number of amides is 2. The van der Waals surface area contributed by atoms with Crippen LogP contribution in [0.3, 0.4) is 0 Å². The topological polar surface area (TPSA) is 58.6 Å². The SMILES string of the molecule is CC[C@@H](C)NC(=O)[C@@H](Cc1ccccc1)N(Cc1cccc(OC)c1)C(=O)CCc1ccc(C(C)C)cc1. The van der Waals surface area contributed by atoms with Crippen LogP contribution in [0, 0.1) is 0 Å². The van der Waals surface area contributed by atoms with E-state index in [4.69, 9.17) is 4.74 Å². The van der Waals surface area contributed by atoms with E-state index in [0.717, 1.165) is 28.9 Å². The highest BCUT2D eigenvalue weighted by Crippen LogP contribution is 2.21. The fourth-order valence-corrected chi connectivity index (χ4v) is 4.43. The van der Waals surface area contributed by atoms with Crippen LogP contribution in [0.1, 0.15) is 68.7 Å². The van der Waals surface area contributed by atoms with Crippen molar-refractivity contribution in [2.75, 3.05) is 7.11 Å². The van der Waals surface area contributed by atoms with Crippen molar-refractivity contribution in [2.24, 2.45) is 0 Å². The summed E-state index contributed by atoms with van der Waals surface area (Å²) in [4.78, 5) is 29.2. The molecule has 202 valence electrons. The Balaban J connectivity index is 1.90. The summed E-state index contributed by atoms with van der Waals surface area (Å²) in [5, 5.41) is 3.13. The van der Waals surface area contributed by atoms with Gasteiger partial charge in [-0.05, 0) is 60.1 Å². The zero-order valence-electron chi connectivity index (χ0n) is 23.4. The highest BCUT2D eigenvalue weighted by Gasteiger charge is 2.30. The fraction of sp³-hybridized carbons (Fsp3) is 0.394. The van der Waals surface area contributed by atoms with Crippen molar-refractivity contribution in [3.63, 3.8) is 0 Å². The van der Waals surface area contributed by atoms with E-state index in [0.29, 0.717) is 31.7 Å². The number of aryl methyl sites for hydroxylation is 1. The summed E-state index contributed by atoms with van der Waals surface area (Å²) in [5.74, 6) is 1.03. The van der Waals surface area contributed by atoms with Crippen LogP contribution in [-0.2, 0) is 29.0 Å². The minimum Gasteiger partial charge on any atom is -0.497 e. The second kappa shape index (κ2) is 14.4. The predicted octanol–water partition coefficient (Wildman–Crippen LogP) is 6.31. The van der Waals surface area contributed by atoms with Crippen molar-refractivity contribution in [1.29, 1.82) is 0 Å². The van der Waals surface area contributed by atoms with Crippen LogP contribution in [-0.4, -0.2) is 35.9 Å². The van der Waals surface area contributed by atoms with Gasteiger partial charge in [-0.1, -0.05) is 87.5 Å². The van der Waals surface area contributed by atoms with Gasteiger partial charge < -0.3 is 15.0 Å². The van der Waals surface area contributed by atoms with Crippen molar-refractivity contribution in [1.82, 2.24) is 10.2 Å². The smallest absolute Gasteiger partial charge is 0.243 e. The molecule has 0 saturated carbocycles. The van der Waals surface area contributed by atoms with Gasteiger partial charge in [0.25, 0.3) is 0 Å². The molecule has 0 aliphatic heterocycles. The minimum atomic E-state index is -0.631. The average Bonchev–Trinajstić information content (AvgIpc) is 2.94. The first-order valence-electron chi connectivity index (χ1n) is 13.7. The monoisotopic (exact) mass is 514 g/mol. The maximum Gasteiger partial charge on any atom is 0.243 e. The van der Waals surface area contributed by atoms with Crippen LogP contribution in [0.5, 0.6) is 5.75 Å². The van der Waals surface area contributed by atoms with Crippen LogP contribution < -0.4 is 10.1 Å². The minimum absolute atomic E-state index is 0.0222. The van der Waals surface area contributed by atoms with E-state index in [2.05, 4.69) is 43.4 Å². The van der Waals surface area contributed by atoms with Crippen LogP contribution in [0.4, 0.5) is 0 Å². The number of methoxy groups -OCH3 is 1. The zero-order valence-corrected chi connectivity index (χ0v) is 23.4. The lowest BCUT2D eigenvalue weighted by Gasteiger charge is -2.32. The number of nitrogens with zero attached hydrogens (tertiary/aromatic N) is 1. The summed E-state index contributed by atoms with van der Waals surface area (Å²) < 4.78 is 5.42. The lowest BCUT2D eigenvalue weighted by Crippen LogP contribution is -2.52. The Morgan fingerprint density at radius 2 is 1.55 bits per heavy atom. The highest BCUT2D eigenvalue weighted by atomic mass is 16.5. The quantitative estimate of drug-likeness (QED) is 0.291. The molecule has 2 amide bonds. The molecule has 0 saturated heterocycles. The average molecular weight is 515 g/mol. The number of hydrogen-bond acceptors (Lipinski definition) is 3. The maximum absolute atomic E-state index is 13.9. The van der Waals surface area contributed by atoms with Crippen molar-refractivity contribution < 1.29 is 14.3 Å². The molecule has 0 aliphatic rings. The van der Waals surface area contributed by atoms with E-state index in [-0.39, 0.29) is 17.9 Å². The summed E-state index contributed by atoms with van der Waals surface area (Å²) in [6.07, 6.45) is 2.21. The highest BCUT2D eigenvalue weighted by molar-refractivity contribution is 5.88. The molecule has 0 heterocycles. The van der Waals surface area contributed by atoms with Gasteiger partial charge in [0.1, 0.15) is 11.8 Å². The van der Waals surface area contributed by atoms with Crippen LogP contribution in [0.2, 0.25) is 0 Å². The van der Waals surface area contributed by atoms with E-state index in [1.165, 1.54) is 5.56 Å². The molecule has 0 unspecified atom stereocenters. The van der Waals surface area contributed by atoms with Gasteiger partial charge >= 0.3 is 0 Å². The van der Waals surface area contributed by atoms with Crippen molar-refractivity contribution in [2.45, 2.75) is 77.9 Å². The van der Waals surface area contributed by atoms with Gasteiger partial charge in [0.05, 0.1) is 7.11 Å². The first kappa shape index (κ1) is 29.0. The summed E-state index contributed by atoms with van der Waals surface area (Å²) in [5.41, 5.74) is 4.34. The molecule has 3 aromatic rings. The van der Waals surface area contributed by atoms with Gasteiger partial charge in [-0.2, -0.15) is 0 Å². The first-order chi connectivity index (χ1) is 18.3. The van der Waals surface area contributed by atoms with Gasteiger partial charge in [-0.25, -0.2) is 0 Å². The molecule has 3 aromatic carbocycles. The van der Waals surface area contributed by atoms with Gasteiger partial charge in [-0.15, -0.1) is 0 Å². The largest absolute Gasteiger partial charge is 0.497 e. The third-order valence-electron chi connectivity index (χ3n) is 7.03. The zero-order chi connectivity index (χ0) is 27.5. The van der Waals surface area contributed by atoms with Crippen LogP contribution >= 0.6 is 0 Å². The Labute approximate surface area is 228 Å². The molecule has 5 nitrogen and oxygen atoms in total. The lowest BCUT2D eigenvalue weighted by atomic mass is 9.99. The van der Waals surface area contributed by atoms with E-state index in [9.17, 15) is 9.59 Å². The van der Waals surface area contributed by atoms with Crippen LogP contribution in [0.25, 0.3) is 0 Å². The summed E-state index contributed by atoms with van der Waals surface area (Å²) in [7, 11) is 1.63. The predicted molar refractivity (Wildman–Crippen MR) is 154 cm³/mol. The second-order valence-corrected chi connectivity index (χ2v) is 10.3. The molecule has 5 heteroatoms. The van der Waals surface area contributed by atoms with Crippen molar-refractivity contribution >= 4 is 11.8 Å². The van der Waals surface area contributed by atoms with E-state index < -0.39 is 6.04 Å². The summed E-state index contributed by atoms with van der Waals surface area (Å²) >= 11 is 0. The number of rotatable bonds is 13. The molecule has 0 aliphatic carbocycles. The number of benzene rings is 3. The Morgan fingerprint density at radius 1 is 0.868 bits per heavy atom. The number of ether oxygens (including phenoxy) is 1. The molecule has 0 spiro atoms. The molecule has 0 radical (unpaired) electrons. The molecule has 0 fully saturated rings. The van der Waals surface area contributed by atoms with Crippen molar-refractivity contribution in [3.05, 3.63) is 101 Å². The van der Waals surface area contributed by atoms with Crippen LogP contribution in [0.15, 0.2) is 78.9 Å². The molecule has 0 bridgehead atoms. The van der Waals surface area contributed by atoms with E-state index in [1.54, 1.807) is 12.0 Å². The van der Waals surface area contributed by atoms with Gasteiger partial charge in [0.2, 0.25) is 11.8 Å². The molecule has 0 aromatic heterocycles.